The minimum Gasteiger partial charge on any atom is -0.396 e. The fourth-order valence-corrected chi connectivity index (χ4v) is 2.59. The first-order valence-corrected chi connectivity index (χ1v) is 7.08. The molecule has 94 valence electrons. The van der Waals surface area contributed by atoms with Crippen LogP contribution in [0.25, 0.3) is 0 Å². The average Bonchev–Trinajstić information content (AvgIpc) is 3.04. The maximum Gasteiger partial charge on any atom is 0.0548 e. The maximum atomic E-state index is 8.98. The van der Waals surface area contributed by atoms with Crippen LogP contribution in [0.2, 0.25) is 5.02 Å². The minimum absolute atomic E-state index is 0.300. The summed E-state index contributed by atoms with van der Waals surface area (Å²) in [5, 5.41) is 13.2. The van der Waals surface area contributed by atoms with Crippen molar-refractivity contribution in [2.45, 2.75) is 25.8 Å². The number of aliphatic hydroxyl groups excluding tert-OH is 1. The molecule has 0 heterocycles. The van der Waals surface area contributed by atoms with Gasteiger partial charge < -0.3 is 10.4 Å². The Kier molecular flexibility index (Phi) is 4.47. The molecule has 1 aliphatic rings. The van der Waals surface area contributed by atoms with E-state index in [1.165, 1.54) is 18.4 Å². The Morgan fingerprint density at radius 1 is 1.41 bits per heavy atom. The second kappa shape index (κ2) is 5.70. The molecule has 1 aliphatic carbocycles. The van der Waals surface area contributed by atoms with Crippen molar-refractivity contribution >= 4 is 27.5 Å². The summed E-state index contributed by atoms with van der Waals surface area (Å²) in [4.78, 5) is 0. The summed E-state index contributed by atoms with van der Waals surface area (Å²) in [6.07, 6.45) is 3.40. The highest BCUT2D eigenvalue weighted by Crippen LogP contribution is 2.47. The lowest BCUT2D eigenvalue weighted by Gasteiger charge is -2.14. The van der Waals surface area contributed by atoms with Crippen LogP contribution in [-0.4, -0.2) is 18.3 Å². The van der Waals surface area contributed by atoms with Gasteiger partial charge in [0.1, 0.15) is 0 Å². The third kappa shape index (κ3) is 3.68. The van der Waals surface area contributed by atoms with Gasteiger partial charge >= 0.3 is 0 Å². The smallest absolute Gasteiger partial charge is 0.0548 e. The molecule has 4 heteroatoms. The van der Waals surface area contributed by atoms with Crippen molar-refractivity contribution in [2.24, 2.45) is 5.41 Å². The molecule has 0 spiro atoms. The van der Waals surface area contributed by atoms with Crippen molar-refractivity contribution in [1.82, 2.24) is 5.32 Å². The number of hydrogen-bond donors (Lipinski definition) is 2. The molecule has 2 rings (SSSR count). The zero-order valence-corrected chi connectivity index (χ0v) is 12.0. The first-order chi connectivity index (χ1) is 8.15. The van der Waals surface area contributed by atoms with E-state index in [4.69, 9.17) is 16.7 Å². The Morgan fingerprint density at radius 2 is 2.18 bits per heavy atom. The lowest BCUT2D eigenvalue weighted by atomic mass is 10.0. The molecule has 1 fully saturated rings. The van der Waals surface area contributed by atoms with Crippen LogP contribution in [0.5, 0.6) is 0 Å². The summed E-state index contributed by atoms with van der Waals surface area (Å²) in [5.41, 5.74) is 1.60. The van der Waals surface area contributed by atoms with E-state index >= 15 is 0 Å². The lowest BCUT2D eigenvalue weighted by molar-refractivity contribution is 0.245. The van der Waals surface area contributed by atoms with Crippen LogP contribution in [0, 0.1) is 5.41 Å². The van der Waals surface area contributed by atoms with Gasteiger partial charge in [-0.05, 0) is 58.3 Å². The van der Waals surface area contributed by atoms with Crippen LogP contribution >= 0.6 is 27.5 Å². The normalized spacial score (nSPS) is 17.1. The molecule has 0 amide bonds. The fourth-order valence-electron chi connectivity index (χ4n) is 2.05. The minimum atomic E-state index is 0.300. The molecule has 2 N–H and O–H groups in total. The molecule has 0 unspecified atom stereocenters. The average molecular weight is 319 g/mol. The van der Waals surface area contributed by atoms with Crippen LogP contribution in [-0.2, 0) is 6.54 Å². The molecule has 17 heavy (non-hydrogen) atoms. The Balaban J connectivity index is 1.80. The summed E-state index contributed by atoms with van der Waals surface area (Å²) in [6.45, 7) is 2.14. The molecule has 1 saturated carbocycles. The van der Waals surface area contributed by atoms with E-state index in [-0.39, 0.29) is 0 Å². The second-order valence-corrected chi connectivity index (χ2v) is 6.09. The van der Waals surface area contributed by atoms with Gasteiger partial charge in [-0.3, -0.25) is 0 Å². The molecule has 0 atom stereocenters. The Bertz CT molecular complexity index is 393. The van der Waals surface area contributed by atoms with E-state index in [0.29, 0.717) is 12.0 Å². The van der Waals surface area contributed by atoms with Crippen molar-refractivity contribution in [2.75, 3.05) is 13.2 Å². The topological polar surface area (TPSA) is 32.3 Å². The Hall–Kier alpha value is -0.0900. The van der Waals surface area contributed by atoms with Gasteiger partial charge in [-0.15, -0.1) is 0 Å². The molecular weight excluding hydrogens is 302 g/mol. The van der Waals surface area contributed by atoms with Crippen LogP contribution in [0.3, 0.4) is 0 Å². The third-order valence-electron chi connectivity index (χ3n) is 3.41. The number of aliphatic hydroxyl groups is 1. The van der Waals surface area contributed by atoms with E-state index in [0.717, 1.165) is 29.0 Å². The summed E-state index contributed by atoms with van der Waals surface area (Å²) >= 11 is 9.37. The van der Waals surface area contributed by atoms with Gasteiger partial charge in [0, 0.05) is 24.2 Å². The van der Waals surface area contributed by atoms with Crippen molar-refractivity contribution in [1.29, 1.82) is 0 Å². The van der Waals surface area contributed by atoms with Crippen molar-refractivity contribution in [3.8, 4) is 0 Å². The number of nitrogens with one attached hydrogen (secondary N) is 1. The standard InChI is InChI=1S/C13H17BrClNO/c14-11-7-10(1-2-12(11)15)8-16-9-13(3-4-13)5-6-17/h1-2,7,16-17H,3-6,8-9H2. The summed E-state index contributed by atoms with van der Waals surface area (Å²) in [7, 11) is 0. The van der Waals surface area contributed by atoms with Gasteiger partial charge in [-0.25, -0.2) is 0 Å². The Morgan fingerprint density at radius 3 is 2.76 bits per heavy atom. The molecule has 2 nitrogen and oxygen atoms in total. The van der Waals surface area contributed by atoms with Gasteiger partial charge in [0.05, 0.1) is 5.02 Å². The molecule has 1 aromatic carbocycles. The maximum absolute atomic E-state index is 8.98. The molecule has 0 aliphatic heterocycles. The number of benzene rings is 1. The van der Waals surface area contributed by atoms with Crippen LogP contribution < -0.4 is 5.32 Å². The van der Waals surface area contributed by atoms with Crippen molar-refractivity contribution in [3.05, 3.63) is 33.3 Å². The zero-order valence-electron chi connectivity index (χ0n) is 9.68. The molecule has 1 aromatic rings. The van der Waals surface area contributed by atoms with Crippen molar-refractivity contribution in [3.63, 3.8) is 0 Å². The van der Waals surface area contributed by atoms with E-state index in [9.17, 15) is 0 Å². The van der Waals surface area contributed by atoms with E-state index < -0.39 is 0 Å². The summed E-state index contributed by atoms with van der Waals surface area (Å²) in [5.74, 6) is 0. The highest BCUT2D eigenvalue weighted by molar-refractivity contribution is 9.10. The molecular formula is C13H17BrClNO. The monoisotopic (exact) mass is 317 g/mol. The lowest BCUT2D eigenvalue weighted by Crippen LogP contribution is -2.24. The largest absolute Gasteiger partial charge is 0.396 e. The van der Waals surface area contributed by atoms with Gasteiger partial charge in [-0.2, -0.15) is 0 Å². The number of halogens is 2. The predicted molar refractivity (Wildman–Crippen MR) is 74.2 cm³/mol. The fraction of sp³-hybridized carbons (Fsp3) is 0.538. The third-order valence-corrected chi connectivity index (χ3v) is 4.63. The summed E-state index contributed by atoms with van der Waals surface area (Å²) in [6, 6.07) is 5.98. The first-order valence-electron chi connectivity index (χ1n) is 5.91. The Labute approximate surface area is 115 Å². The highest BCUT2D eigenvalue weighted by Gasteiger charge is 2.41. The predicted octanol–water partition coefficient (Wildman–Crippen LogP) is 3.35. The van der Waals surface area contributed by atoms with Crippen LogP contribution in [0.1, 0.15) is 24.8 Å². The zero-order chi connectivity index (χ0) is 12.3. The molecule has 0 saturated heterocycles. The first kappa shape index (κ1) is 13.3. The SMILES string of the molecule is OCCC1(CNCc2ccc(Cl)c(Br)c2)CC1. The van der Waals surface area contributed by atoms with Crippen LogP contribution in [0.15, 0.2) is 22.7 Å². The molecule has 0 radical (unpaired) electrons. The van der Waals surface area contributed by atoms with E-state index in [2.05, 4.69) is 21.2 Å². The van der Waals surface area contributed by atoms with Gasteiger partial charge in [0.25, 0.3) is 0 Å². The van der Waals surface area contributed by atoms with E-state index in [1.807, 2.05) is 18.2 Å². The number of rotatable bonds is 6. The van der Waals surface area contributed by atoms with Crippen molar-refractivity contribution < 1.29 is 5.11 Å². The van der Waals surface area contributed by atoms with Gasteiger partial charge in [-0.1, -0.05) is 17.7 Å². The van der Waals surface area contributed by atoms with E-state index in [1.54, 1.807) is 0 Å². The summed E-state index contributed by atoms with van der Waals surface area (Å²) < 4.78 is 0.940. The molecule has 0 aromatic heterocycles. The quantitative estimate of drug-likeness (QED) is 0.843. The second-order valence-electron chi connectivity index (χ2n) is 4.83. The molecule has 0 bridgehead atoms. The number of hydrogen-bond acceptors (Lipinski definition) is 2. The van der Waals surface area contributed by atoms with Crippen LogP contribution in [0.4, 0.5) is 0 Å². The highest BCUT2D eigenvalue weighted by atomic mass is 79.9. The van der Waals surface area contributed by atoms with Gasteiger partial charge in [0.2, 0.25) is 0 Å². The van der Waals surface area contributed by atoms with Gasteiger partial charge in [0.15, 0.2) is 0 Å².